The van der Waals surface area contributed by atoms with Crippen molar-refractivity contribution >= 4 is 35.8 Å². The van der Waals surface area contributed by atoms with Crippen molar-refractivity contribution in [3.8, 4) is 0 Å². The maximum Gasteiger partial charge on any atom is 0.191 e. The molecule has 2 aliphatic heterocycles. The minimum atomic E-state index is 0. The van der Waals surface area contributed by atoms with Crippen molar-refractivity contribution in [1.82, 2.24) is 20.5 Å². The van der Waals surface area contributed by atoms with Crippen LogP contribution in [0.3, 0.4) is 0 Å². The van der Waals surface area contributed by atoms with Gasteiger partial charge in [0.25, 0.3) is 0 Å². The summed E-state index contributed by atoms with van der Waals surface area (Å²) in [7, 11) is 3.97. The standard InChI is InChI=1S/C22H38N6O2.HI/c1-23-22(25-7-3-13-30-18-19-5-14-29-15-6-19)26-17-20-4-8-24-21(16-20)28-11-9-27(2)10-12-28;/h4,8,16,19H,3,5-7,9-15,17-18H2,1-2H3,(H2,23,25,26);1H. The van der Waals surface area contributed by atoms with Crippen molar-refractivity contribution in [3.05, 3.63) is 23.9 Å². The molecular weight excluding hydrogens is 507 g/mol. The lowest BCUT2D eigenvalue weighted by molar-refractivity contribution is 0.0203. The third kappa shape index (κ3) is 9.46. The summed E-state index contributed by atoms with van der Waals surface area (Å²) in [5, 5.41) is 6.76. The van der Waals surface area contributed by atoms with Crippen LogP contribution in [0.25, 0.3) is 0 Å². The van der Waals surface area contributed by atoms with Gasteiger partial charge in [-0.2, -0.15) is 0 Å². The molecule has 1 aromatic rings. The van der Waals surface area contributed by atoms with Gasteiger partial charge in [-0.15, -0.1) is 24.0 Å². The molecular formula is C22H39IN6O2. The zero-order valence-corrected chi connectivity index (χ0v) is 21.3. The van der Waals surface area contributed by atoms with Crippen LogP contribution in [-0.2, 0) is 16.0 Å². The van der Waals surface area contributed by atoms with Gasteiger partial charge in [0.15, 0.2) is 5.96 Å². The van der Waals surface area contributed by atoms with E-state index in [0.717, 1.165) is 96.7 Å². The second-order valence-corrected chi connectivity index (χ2v) is 8.15. The molecule has 1 aromatic heterocycles. The molecule has 2 N–H and O–H groups in total. The third-order valence-electron chi connectivity index (χ3n) is 5.77. The number of halogens is 1. The average molecular weight is 546 g/mol. The van der Waals surface area contributed by atoms with Crippen molar-refractivity contribution in [1.29, 1.82) is 0 Å². The van der Waals surface area contributed by atoms with Crippen LogP contribution in [0, 0.1) is 5.92 Å². The number of piperazine rings is 1. The summed E-state index contributed by atoms with van der Waals surface area (Å²) >= 11 is 0. The molecule has 0 atom stereocenters. The van der Waals surface area contributed by atoms with Gasteiger partial charge >= 0.3 is 0 Å². The molecule has 0 amide bonds. The molecule has 3 heterocycles. The Kier molecular flexibility index (Phi) is 12.5. The van der Waals surface area contributed by atoms with Crippen LogP contribution in [-0.4, -0.2) is 89.1 Å². The highest BCUT2D eigenvalue weighted by Crippen LogP contribution is 2.15. The van der Waals surface area contributed by atoms with Crippen molar-refractivity contribution in [2.45, 2.75) is 25.8 Å². The molecule has 2 aliphatic rings. The van der Waals surface area contributed by atoms with E-state index >= 15 is 0 Å². The van der Waals surface area contributed by atoms with Crippen LogP contribution in [0.15, 0.2) is 23.3 Å². The first-order chi connectivity index (χ1) is 14.7. The van der Waals surface area contributed by atoms with Gasteiger partial charge in [-0.05, 0) is 49.9 Å². The van der Waals surface area contributed by atoms with Crippen LogP contribution in [0.4, 0.5) is 5.82 Å². The Morgan fingerprint density at radius 2 is 2.00 bits per heavy atom. The number of hydrogen-bond acceptors (Lipinski definition) is 6. The predicted octanol–water partition coefficient (Wildman–Crippen LogP) is 1.95. The van der Waals surface area contributed by atoms with E-state index in [9.17, 15) is 0 Å². The summed E-state index contributed by atoms with van der Waals surface area (Å²) in [6.45, 7) is 9.19. The topological polar surface area (TPSA) is 74.2 Å². The third-order valence-corrected chi connectivity index (χ3v) is 5.77. The normalized spacial score (nSPS) is 18.5. The highest BCUT2D eigenvalue weighted by molar-refractivity contribution is 14.0. The van der Waals surface area contributed by atoms with Crippen LogP contribution in [0.1, 0.15) is 24.8 Å². The largest absolute Gasteiger partial charge is 0.381 e. The van der Waals surface area contributed by atoms with Crippen LogP contribution in [0.2, 0.25) is 0 Å². The molecule has 9 heteroatoms. The van der Waals surface area contributed by atoms with E-state index in [0.29, 0.717) is 5.92 Å². The van der Waals surface area contributed by atoms with E-state index in [2.05, 4.69) is 49.6 Å². The van der Waals surface area contributed by atoms with Gasteiger partial charge in [0, 0.05) is 78.9 Å². The minimum absolute atomic E-state index is 0. The first kappa shape index (κ1) is 26.1. The van der Waals surface area contributed by atoms with E-state index in [1.807, 2.05) is 6.20 Å². The molecule has 0 spiro atoms. The number of aliphatic imine (C=N–C) groups is 1. The maximum absolute atomic E-state index is 5.82. The molecule has 0 aromatic carbocycles. The Hall–Kier alpha value is -1.17. The van der Waals surface area contributed by atoms with Crippen LogP contribution < -0.4 is 15.5 Å². The predicted molar refractivity (Wildman–Crippen MR) is 137 cm³/mol. The molecule has 2 saturated heterocycles. The van der Waals surface area contributed by atoms with Gasteiger partial charge < -0.3 is 29.9 Å². The number of aromatic nitrogens is 1. The van der Waals surface area contributed by atoms with E-state index < -0.39 is 0 Å². The minimum Gasteiger partial charge on any atom is -0.381 e. The van der Waals surface area contributed by atoms with Crippen molar-refractivity contribution in [2.24, 2.45) is 10.9 Å². The smallest absolute Gasteiger partial charge is 0.191 e. The lowest BCUT2D eigenvalue weighted by Gasteiger charge is -2.33. The van der Waals surface area contributed by atoms with Gasteiger partial charge in [0.05, 0.1) is 0 Å². The zero-order chi connectivity index (χ0) is 21.0. The van der Waals surface area contributed by atoms with Gasteiger partial charge in [-0.3, -0.25) is 4.99 Å². The van der Waals surface area contributed by atoms with Gasteiger partial charge in [0.2, 0.25) is 0 Å². The number of nitrogens with zero attached hydrogens (tertiary/aromatic N) is 4. The van der Waals surface area contributed by atoms with Crippen molar-refractivity contribution < 1.29 is 9.47 Å². The number of pyridine rings is 1. The summed E-state index contributed by atoms with van der Waals surface area (Å²) < 4.78 is 11.2. The molecule has 0 radical (unpaired) electrons. The lowest BCUT2D eigenvalue weighted by atomic mass is 10.0. The first-order valence-electron chi connectivity index (χ1n) is 11.2. The number of nitrogens with one attached hydrogen (secondary N) is 2. The summed E-state index contributed by atoms with van der Waals surface area (Å²) in [6.07, 6.45) is 5.12. The SMILES string of the molecule is CN=C(NCCCOCC1CCOCC1)NCc1ccnc(N2CCN(C)CC2)c1.I. The second kappa shape index (κ2) is 14.8. The van der Waals surface area contributed by atoms with Crippen LogP contribution >= 0.6 is 24.0 Å². The maximum atomic E-state index is 5.82. The Morgan fingerprint density at radius 1 is 1.23 bits per heavy atom. The molecule has 31 heavy (non-hydrogen) atoms. The van der Waals surface area contributed by atoms with Gasteiger partial charge in [0.1, 0.15) is 5.82 Å². The quantitative estimate of drug-likeness (QED) is 0.212. The monoisotopic (exact) mass is 546 g/mol. The summed E-state index contributed by atoms with van der Waals surface area (Å²) in [5.74, 6) is 2.54. The van der Waals surface area contributed by atoms with Crippen molar-refractivity contribution in [2.75, 3.05) is 78.1 Å². The fourth-order valence-electron chi connectivity index (χ4n) is 3.73. The summed E-state index contributed by atoms with van der Waals surface area (Å²) in [5.41, 5.74) is 1.21. The molecule has 0 saturated carbocycles. The zero-order valence-electron chi connectivity index (χ0n) is 19.0. The highest BCUT2D eigenvalue weighted by atomic mass is 127. The fourth-order valence-corrected chi connectivity index (χ4v) is 3.73. The Morgan fingerprint density at radius 3 is 2.74 bits per heavy atom. The number of guanidine groups is 1. The van der Waals surface area contributed by atoms with Crippen molar-refractivity contribution in [3.63, 3.8) is 0 Å². The molecule has 2 fully saturated rings. The number of likely N-dealkylation sites (N-methyl/N-ethyl adjacent to an activating group) is 1. The average Bonchev–Trinajstić information content (AvgIpc) is 2.79. The Labute approximate surface area is 204 Å². The second-order valence-electron chi connectivity index (χ2n) is 8.15. The number of hydrogen-bond donors (Lipinski definition) is 2. The van der Waals surface area contributed by atoms with E-state index in [1.165, 1.54) is 5.56 Å². The molecule has 0 unspecified atom stereocenters. The molecule has 176 valence electrons. The van der Waals surface area contributed by atoms with E-state index in [1.54, 1.807) is 7.05 Å². The molecule has 8 nitrogen and oxygen atoms in total. The fraction of sp³-hybridized carbons (Fsp3) is 0.727. The van der Waals surface area contributed by atoms with Gasteiger partial charge in [-0.1, -0.05) is 0 Å². The number of anilines is 1. The van der Waals surface area contributed by atoms with Crippen LogP contribution in [0.5, 0.6) is 0 Å². The summed E-state index contributed by atoms with van der Waals surface area (Å²) in [6, 6.07) is 4.24. The molecule has 0 bridgehead atoms. The lowest BCUT2D eigenvalue weighted by Crippen LogP contribution is -2.44. The number of rotatable bonds is 9. The Balaban J connectivity index is 0.00000341. The molecule has 0 aliphatic carbocycles. The summed E-state index contributed by atoms with van der Waals surface area (Å²) in [4.78, 5) is 13.6. The first-order valence-corrected chi connectivity index (χ1v) is 11.2. The number of ether oxygens (including phenoxy) is 2. The highest BCUT2D eigenvalue weighted by Gasteiger charge is 2.15. The van der Waals surface area contributed by atoms with E-state index in [4.69, 9.17) is 9.47 Å². The van der Waals surface area contributed by atoms with E-state index in [-0.39, 0.29) is 24.0 Å². The van der Waals surface area contributed by atoms with Gasteiger partial charge in [-0.25, -0.2) is 4.98 Å². The Bertz CT molecular complexity index is 649. The molecule has 3 rings (SSSR count).